The van der Waals surface area contributed by atoms with Gasteiger partial charge in [0.1, 0.15) is 10.9 Å². The van der Waals surface area contributed by atoms with Crippen LogP contribution in [0.3, 0.4) is 0 Å². The van der Waals surface area contributed by atoms with E-state index in [1.165, 1.54) is 7.11 Å². The summed E-state index contributed by atoms with van der Waals surface area (Å²) < 4.78 is 12.2. The maximum absolute atomic E-state index is 11.1. The molecule has 0 aliphatic rings. The number of hydrogen-bond acceptors (Lipinski definition) is 5. The molecule has 0 fully saturated rings. The van der Waals surface area contributed by atoms with Crippen LogP contribution in [0.2, 0.25) is 5.15 Å². The van der Waals surface area contributed by atoms with E-state index < -0.39 is 0 Å². The smallest absolute Gasteiger partial charge is 0.306 e. The molecule has 3 aromatic rings. The summed E-state index contributed by atoms with van der Waals surface area (Å²) in [5.74, 6) is 0.613. The highest BCUT2D eigenvalue weighted by Gasteiger charge is 2.10. The fourth-order valence-electron chi connectivity index (χ4n) is 2.88. The minimum absolute atomic E-state index is 0.187. The molecule has 3 rings (SSSR count). The zero-order valence-electron chi connectivity index (χ0n) is 16.1. The first-order valence-corrected chi connectivity index (χ1v) is 9.58. The predicted octanol–water partition coefficient (Wildman–Crippen LogP) is 3.94. The monoisotopic (exact) mass is 401 g/mol. The molecule has 28 heavy (non-hydrogen) atoms. The van der Waals surface area contributed by atoms with E-state index in [0.29, 0.717) is 24.7 Å². The molecule has 7 heteroatoms. The molecule has 1 heterocycles. The Morgan fingerprint density at radius 3 is 2.61 bits per heavy atom. The highest BCUT2D eigenvalue weighted by Crippen LogP contribution is 2.26. The fourth-order valence-corrected chi connectivity index (χ4v) is 3.17. The number of esters is 1. The van der Waals surface area contributed by atoms with Gasteiger partial charge in [-0.1, -0.05) is 23.7 Å². The lowest BCUT2D eigenvalue weighted by atomic mass is 10.2. The van der Waals surface area contributed by atoms with Crippen LogP contribution in [0.5, 0.6) is 5.75 Å². The number of aromatic nitrogens is 2. The molecule has 0 saturated carbocycles. The van der Waals surface area contributed by atoms with E-state index in [4.69, 9.17) is 16.3 Å². The summed E-state index contributed by atoms with van der Waals surface area (Å²) in [5, 5.41) is 6.08. The molecule has 0 amide bonds. The van der Waals surface area contributed by atoms with Crippen molar-refractivity contribution in [2.24, 2.45) is 0 Å². The summed E-state index contributed by atoms with van der Waals surface area (Å²) in [5.41, 5.74) is 1.75. The van der Waals surface area contributed by atoms with E-state index in [1.807, 2.05) is 55.6 Å². The van der Waals surface area contributed by atoms with Crippen molar-refractivity contribution in [2.45, 2.75) is 12.8 Å². The van der Waals surface area contributed by atoms with Crippen LogP contribution >= 0.6 is 11.6 Å². The molecule has 148 valence electrons. The van der Waals surface area contributed by atoms with Crippen LogP contribution < -0.4 is 4.74 Å². The number of methoxy groups -OCH3 is 1. The van der Waals surface area contributed by atoms with Crippen LogP contribution in [-0.2, 0) is 9.53 Å². The Morgan fingerprint density at radius 2 is 1.89 bits per heavy atom. The van der Waals surface area contributed by atoms with Crippen LogP contribution in [0.4, 0.5) is 0 Å². The lowest BCUT2D eigenvalue weighted by Crippen LogP contribution is -2.24. The van der Waals surface area contributed by atoms with Gasteiger partial charge >= 0.3 is 5.97 Å². The van der Waals surface area contributed by atoms with E-state index in [-0.39, 0.29) is 5.97 Å². The number of benzene rings is 2. The summed E-state index contributed by atoms with van der Waals surface area (Å²) >= 11 is 6.45. The summed E-state index contributed by atoms with van der Waals surface area (Å²) in [6.45, 7) is 2.14. The second-order valence-electron chi connectivity index (χ2n) is 6.55. The minimum Gasteiger partial charge on any atom is -0.494 e. The van der Waals surface area contributed by atoms with Gasteiger partial charge in [0.15, 0.2) is 0 Å². The SMILES string of the molecule is COC(=O)CCN(C)CCCOc1ccc(-n2nc3ccccc3c2Cl)cc1. The summed E-state index contributed by atoms with van der Waals surface area (Å²) in [7, 11) is 3.39. The Kier molecular flexibility index (Phi) is 6.90. The largest absolute Gasteiger partial charge is 0.494 e. The first kappa shape index (κ1) is 20.2. The average Bonchev–Trinajstić information content (AvgIpc) is 3.06. The maximum atomic E-state index is 11.1. The summed E-state index contributed by atoms with van der Waals surface area (Å²) in [6.07, 6.45) is 1.27. The maximum Gasteiger partial charge on any atom is 0.306 e. The van der Waals surface area contributed by atoms with Gasteiger partial charge in [-0.05, 0) is 49.9 Å². The molecule has 0 bridgehead atoms. The van der Waals surface area contributed by atoms with Gasteiger partial charge in [0, 0.05) is 18.5 Å². The van der Waals surface area contributed by atoms with Crippen LogP contribution in [0.1, 0.15) is 12.8 Å². The van der Waals surface area contributed by atoms with E-state index in [1.54, 1.807) is 4.68 Å². The summed E-state index contributed by atoms with van der Waals surface area (Å²) in [6, 6.07) is 15.5. The number of fused-ring (bicyclic) bond motifs is 1. The number of rotatable bonds is 9. The van der Waals surface area contributed by atoms with Gasteiger partial charge in [0.2, 0.25) is 0 Å². The van der Waals surface area contributed by atoms with Gasteiger partial charge in [0.05, 0.1) is 31.3 Å². The molecule has 0 N–H and O–H groups in total. The van der Waals surface area contributed by atoms with E-state index >= 15 is 0 Å². The zero-order chi connectivity index (χ0) is 19.9. The first-order valence-electron chi connectivity index (χ1n) is 9.20. The molecule has 0 aliphatic heterocycles. The van der Waals surface area contributed by atoms with Crippen LogP contribution in [0.25, 0.3) is 16.6 Å². The summed E-state index contributed by atoms with van der Waals surface area (Å²) in [4.78, 5) is 13.2. The Hall–Kier alpha value is -2.57. The molecule has 2 aromatic carbocycles. The minimum atomic E-state index is -0.187. The van der Waals surface area contributed by atoms with Crippen molar-refractivity contribution >= 4 is 28.5 Å². The van der Waals surface area contributed by atoms with Crippen molar-refractivity contribution in [1.29, 1.82) is 0 Å². The normalized spacial score (nSPS) is 11.1. The lowest BCUT2D eigenvalue weighted by Gasteiger charge is -2.16. The van der Waals surface area contributed by atoms with Crippen molar-refractivity contribution < 1.29 is 14.3 Å². The van der Waals surface area contributed by atoms with E-state index in [9.17, 15) is 4.79 Å². The molecule has 0 saturated heterocycles. The predicted molar refractivity (Wildman–Crippen MR) is 110 cm³/mol. The van der Waals surface area contributed by atoms with Crippen LogP contribution in [-0.4, -0.2) is 54.5 Å². The molecule has 6 nitrogen and oxygen atoms in total. The van der Waals surface area contributed by atoms with Gasteiger partial charge in [-0.3, -0.25) is 4.79 Å². The lowest BCUT2D eigenvalue weighted by molar-refractivity contribution is -0.140. The van der Waals surface area contributed by atoms with Gasteiger partial charge in [0.25, 0.3) is 0 Å². The fraction of sp³-hybridized carbons (Fsp3) is 0.333. The number of halogens is 1. The van der Waals surface area contributed by atoms with Gasteiger partial charge in [-0.2, -0.15) is 5.10 Å². The van der Waals surface area contributed by atoms with Crippen molar-refractivity contribution in [3.05, 3.63) is 53.7 Å². The number of ether oxygens (including phenoxy) is 2. The highest BCUT2D eigenvalue weighted by molar-refractivity contribution is 6.34. The second kappa shape index (κ2) is 9.57. The number of nitrogens with zero attached hydrogens (tertiary/aromatic N) is 3. The second-order valence-corrected chi connectivity index (χ2v) is 6.90. The molecule has 0 radical (unpaired) electrons. The van der Waals surface area contributed by atoms with Crippen molar-refractivity contribution in [1.82, 2.24) is 14.7 Å². The number of hydrogen-bond donors (Lipinski definition) is 0. The third kappa shape index (κ3) is 5.03. The van der Waals surface area contributed by atoms with Crippen LogP contribution in [0, 0.1) is 0 Å². The van der Waals surface area contributed by atoms with Gasteiger partial charge in [-0.15, -0.1) is 0 Å². The molecule has 1 aromatic heterocycles. The van der Waals surface area contributed by atoms with Crippen molar-refractivity contribution in [2.75, 3.05) is 33.9 Å². The molecule has 0 aliphatic carbocycles. The van der Waals surface area contributed by atoms with Crippen molar-refractivity contribution in [3.8, 4) is 11.4 Å². The Labute approximate surface area is 169 Å². The van der Waals surface area contributed by atoms with Crippen molar-refractivity contribution in [3.63, 3.8) is 0 Å². The molecule has 0 unspecified atom stereocenters. The molecule has 0 atom stereocenters. The zero-order valence-corrected chi connectivity index (χ0v) is 16.9. The van der Waals surface area contributed by atoms with Crippen LogP contribution in [0.15, 0.2) is 48.5 Å². The quantitative estimate of drug-likeness (QED) is 0.401. The molecular formula is C21H24ClN3O3. The Balaban J connectivity index is 1.49. The Morgan fingerprint density at radius 1 is 1.14 bits per heavy atom. The first-order chi connectivity index (χ1) is 13.6. The number of carbonyl (C=O) groups is 1. The number of carbonyl (C=O) groups excluding carboxylic acids is 1. The molecular weight excluding hydrogens is 378 g/mol. The highest BCUT2D eigenvalue weighted by atomic mass is 35.5. The average molecular weight is 402 g/mol. The van der Waals surface area contributed by atoms with E-state index in [0.717, 1.165) is 35.3 Å². The molecule has 0 spiro atoms. The van der Waals surface area contributed by atoms with Gasteiger partial charge in [-0.25, -0.2) is 4.68 Å². The topological polar surface area (TPSA) is 56.6 Å². The van der Waals surface area contributed by atoms with Gasteiger partial charge < -0.3 is 14.4 Å². The third-order valence-electron chi connectivity index (χ3n) is 4.48. The van der Waals surface area contributed by atoms with E-state index in [2.05, 4.69) is 14.7 Å². The third-order valence-corrected chi connectivity index (χ3v) is 4.84. The Bertz CT molecular complexity index is 924. The standard InChI is InChI=1S/C21H24ClN3O3/c1-24(14-12-20(26)27-2)13-5-15-28-17-10-8-16(9-11-17)25-21(22)18-6-3-4-7-19(18)23-25/h3-4,6-11H,5,12-15H2,1-2H3.